The van der Waals surface area contributed by atoms with Crippen molar-refractivity contribution in [1.29, 1.82) is 0 Å². The first-order valence-electron chi connectivity index (χ1n) is 27.3. The molecule has 2 aliphatic rings. The highest BCUT2D eigenvalue weighted by Gasteiger charge is 2.47. The smallest absolute Gasteiger partial charge is 0.306 e. The molecule has 4 unspecified atom stereocenters. The van der Waals surface area contributed by atoms with Gasteiger partial charge in [0.1, 0.15) is 55.4 Å². The first-order chi connectivity index (χ1) is 33.0. The fourth-order valence-electron chi connectivity index (χ4n) is 8.75. The molecule has 0 aromatic heterocycles. The molecule has 2 saturated heterocycles. The predicted octanol–water partition coefficient (Wildman–Crippen LogP) is 8.16. The van der Waals surface area contributed by atoms with Gasteiger partial charge in [-0.3, -0.25) is 9.59 Å². The van der Waals surface area contributed by atoms with Crippen molar-refractivity contribution in [2.75, 3.05) is 26.4 Å². The first kappa shape index (κ1) is 62.4. The zero-order valence-corrected chi connectivity index (χ0v) is 42.4. The number of unbranched alkanes of at least 4 members (excludes halogenated alkanes) is 27. The molecule has 0 aromatic rings. The van der Waals surface area contributed by atoms with E-state index in [2.05, 4.69) is 26.0 Å². The van der Waals surface area contributed by atoms with Crippen LogP contribution in [0.2, 0.25) is 0 Å². The van der Waals surface area contributed by atoms with Crippen LogP contribution in [0.4, 0.5) is 0 Å². The van der Waals surface area contributed by atoms with E-state index in [1.165, 1.54) is 141 Å². The summed E-state index contributed by atoms with van der Waals surface area (Å²) in [4.78, 5) is 25.7. The van der Waals surface area contributed by atoms with Gasteiger partial charge < -0.3 is 64.2 Å². The predicted molar refractivity (Wildman–Crippen MR) is 261 cm³/mol. The number of ether oxygens (including phenoxy) is 6. The number of hydrogen-bond donors (Lipinski definition) is 7. The van der Waals surface area contributed by atoms with Gasteiger partial charge in [-0.1, -0.05) is 187 Å². The summed E-state index contributed by atoms with van der Waals surface area (Å²) in [5.41, 5.74) is 0. The molecule has 0 aliphatic carbocycles. The van der Waals surface area contributed by atoms with E-state index in [9.17, 15) is 45.3 Å². The van der Waals surface area contributed by atoms with Gasteiger partial charge in [0.25, 0.3) is 0 Å². The highest BCUT2D eigenvalue weighted by molar-refractivity contribution is 5.70. The van der Waals surface area contributed by atoms with E-state index in [4.69, 9.17) is 28.4 Å². The zero-order valence-electron chi connectivity index (χ0n) is 42.4. The molecule has 11 atom stereocenters. The third kappa shape index (κ3) is 28.3. The molecular weight excluding hydrogens is 877 g/mol. The van der Waals surface area contributed by atoms with Crippen molar-refractivity contribution >= 4 is 11.9 Å². The number of allylic oxidation sites excluding steroid dienone is 2. The van der Waals surface area contributed by atoms with Crippen LogP contribution in [0.15, 0.2) is 12.2 Å². The number of hydrogen-bond acceptors (Lipinski definition) is 15. The van der Waals surface area contributed by atoms with Gasteiger partial charge >= 0.3 is 11.9 Å². The van der Waals surface area contributed by atoms with Crippen LogP contribution in [0.25, 0.3) is 0 Å². The second-order valence-corrected chi connectivity index (χ2v) is 19.4. The van der Waals surface area contributed by atoms with Crippen LogP contribution in [-0.4, -0.2) is 142 Å². The van der Waals surface area contributed by atoms with Gasteiger partial charge in [0.2, 0.25) is 0 Å². The Balaban J connectivity index is 1.71. The van der Waals surface area contributed by atoms with Gasteiger partial charge in [-0.25, -0.2) is 0 Å². The highest BCUT2D eigenvalue weighted by atomic mass is 16.7. The van der Waals surface area contributed by atoms with Gasteiger partial charge in [-0.2, -0.15) is 0 Å². The Morgan fingerprint density at radius 1 is 0.456 bits per heavy atom. The van der Waals surface area contributed by atoms with Crippen molar-refractivity contribution in [2.45, 2.75) is 287 Å². The maximum atomic E-state index is 12.9. The van der Waals surface area contributed by atoms with Gasteiger partial charge in [-0.15, -0.1) is 0 Å². The van der Waals surface area contributed by atoms with E-state index >= 15 is 0 Å². The Morgan fingerprint density at radius 3 is 1.34 bits per heavy atom. The average molecular weight is 975 g/mol. The monoisotopic (exact) mass is 975 g/mol. The van der Waals surface area contributed by atoms with Crippen molar-refractivity contribution in [3.8, 4) is 0 Å². The first-order valence-corrected chi connectivity index (χ1v) is 27.3. The van der Waals surface area contributed by atoms with Crippen LogP contribution in [0.5, 0.6) is 0 Å². The number of carbonyl (C=O) groups is 2. The number of rotatable bonds is 43. The van der Waals surface area contributed by atoms with E-state index in [1.807, 2.05) is 0 Å². The van der Waals surface area contributed by atoms with E-state index in [0.717, 1.165) is 38.5 Å². The standard InChI is InChI=1S/C53H98O15/c1-3-5-7-9-11-13-14-15-16-17-18-19-20-21-22-23-24-25-26-28-29-31-33-35-44(55)63-38-41(66-45(56)36-34-32-30-27-12-10-8-6-4-2)39-64-52-51(62)49(60)47(58)43(68-52)40-65-53-50(61)48(59)46(57)42(37-54)67-53/h28-29,41-43,46-54,57-62H,3-27,30-40H2,1-2H3/b29-28+/t41-,42+,43+,46-,47-,48?,49?,50?,51?,52+,53+/m0/s1. The molecule has 0 saturated carbocycles. The fraction of sp³-hybridized carbons (Fsp3) is 0.925. The molecule has 15 nitrogen and oxygen atoms in total. The molecule has 0 bridgehead atoms. The van der Waals surface area contributed by atoms with E-state index in [-0.39, 0.29) is 26.1 Å². The van der Waals surface area contributed by atoms with Crippen molar-refractivity contribution in [3.05, 3.63) is 12.2 Å². The van der Waals surface area contributed by atoms with Gasteiger partial charge in [0, 0.05) is 12.8 Å². The number of aliphatic hydroxyl groups is 7. The molecule has 2 heterocycles. The molecule has 68 heavy (non-hydrogen) atoms. The molecule has 2 rings (SSSR count). The van der Waals surface area contributed by atoms with Crippen LogP contribution < -0.4 is 0 Å². The minimum atomic E-state index is -1.76. The van der Waals surface area contributed by atoms with Gasteiger partial charge in [0.15, 0.2) is 18.7 Å². The largest absolute Gasteiger partial charge is 0.462 e. The summed E-state index contributed by atoms with van der Waals surface area (Å²) in [5.74, 6) is -0.955. The minimum Gasteiger partial charge on any atom is -0.462 e. The van der Waals surface area contributed by atoms with E-state index < -0.39 is 92.7 Å². The minimum absolute atomic E-state index is 0.164. The average Bonchev–Trinajstić information content (AvgIpc) is 3.33. The third-order valence-corrected chi connectivity index (χ3v) is 13.2. The SMILES string of the molecule is CCCCCCCCCCCCCCCCCCCC/C=C/CCCC(=O)OC[C@@H](CO[C@@H]1O[C@H](CO[C@@H]2O[C@H](CO)[C@H](O)C(O)C2O)[C@H](O)C(O)C1O)OC(=O)CCCCCCCCCCC. The van der Waals surface area contributed by atoms with Gasteiger partial charge in [-0.05, 0) is 32.1 Å². The Morgan fingerprint density at radius 2 is 0.853 bits per heavy atom. The van der Waals surface area contributed by atoms with E-state index in [1.54, 1.807) is 0 Å². The molecule has 0 radical (unpaired) electrons. The molecular formula is C53H98O15. The highest BCUT2D eigenvalue weighted by Crippen LogP contribution is 2.27. The van der Waals surface area contributed by atoms with Crippen molar-refractivity contribution in [1.82, 2.24) is 0 Å². The van der Waals surface area contributed by atoms with Crippen LogP contribution in [0.1, 0.15) is 219 Å². The van der Waals surface area contributed by atoms with Crippen LogP contribution in [0, 0.1) is 0 Å². The maximum Gasteiger partial charge on any atom is 0.306 e. The summed E-state index contributed by atoms with van der Waals surface area (Å²) >= 11 is 0. The molecule has 2 fully saturated rings. The number of aliphatic hydroxyl groups excluding tert-OH is 7. The van der Waals surface area contributed by atoms with Crippen molar-refractivity contribution < 1.29 is 73.8 Å². The van der Waals surface area contributed by atoms with Crippen molar-refractivity contribution in [3.63, 3.8) is 0 Å². The summed E-state index contributed by atoms with van der Waals surface area (Å²) in [6, 6.07) is 0. The molecule has 7 N–H and O–H groups in total. The molecule has 0 aromatic carbocycles. The Bertz CT molecular complexity index is 1240. The molecule has 0 spiro atoms. The maximum absolute atomic E-state index is 12.9. The Hall–Kier alpha value is -1.76. The summed E-state index contributed by atoms with van der Waals surface area (Å²) in [7, 11) is 0. The zero-order chi connectivity index (χ0) is 49.6. The molecule has 15 heteroatoms. The summed E-state index contributed by atoms with van der Waals surface area (Å²) < 4.78 is 33.5. The normalized spacial score (nSPS) is 25.8. The quantitative estimate of drug-likeness (QED) is 0.0174. The van der Waals surface area contributed by atoms with Gasteiger partial charge in [0.05, 0.1) is 19.8 Å². The van der Waals surface area contributed by atoms with Crippen LogP contribution in [-0.2, 0) is 38.0 Å². The van der Waals surface area contributed by atoms with Crippen LogP contribution in [0.3, 0.4) is 0 Å². The fourth-order valence-corrected chi connectivity index (χ4v) is 8.75. The Labute approximate surface area is 410 Å². The number of carbonyl (C=O) groups excluding carboxylic acids is 2. The lowest BCUT2D eigenvalue weighted by Crippen LogP contribution is -2.61. The number of esters is 2. The van der Waals surface area contributed by atoms with E-state index in [0.29, 0.717) is 12.8 Å². The lowest BCUT2D eigenvalue weighted by molar-refractivity contribution is -0.332. The van der Waals surface area contributed by atoms with Crippen molar-refractivity contribution in [2.24, 2.45) is 0 Å². The second kappa shape index (κ2) is 40.8. The molecule has 400 valence electrons. The Kier molecular flexibility index (Phi) is 37.4. The second-order valence-electron chi connectivity index (χ2n) is 19.4. The van der Waals surface area contributed by atoms with Crippen LogP contribution >= 0.6 is 0 Å². The summed E-state index contributed by atoms with van der Waals surface area (Å²) in [6.45, 7) is 2.56. The lowest BCUT2D eigenvalue weighted by atomic mass is 9.98. The lowest BCUT2D eigenvalue weighted by Gasteiger charge is -2.42. The molecule has 0 amide bonds. The summed E-state index contributed by atoms with van der Waals surface area (Å²) in [5, 5.41) is 72.0. The topological polar surface area (TPSA) is 231 Å². The molecule has 2 aliphatic heterocycles. The third-order valence-electron chi connectivity index (χ3n) is 13.2. The summed E-state index contributed by atoms with van der Waals surface area (Å²) in [6.07, 6.45) is 24.2.